The van der Waals surface area contributed by atoms with Crippen molar-refractivity contribution < 1.29 is 14.7 Å². The van der Waals surface area contributed by atoms with E-state index in [9.17, 15) is 14.7 Å². The van der Waals surface area contributed by atoms with Crippen LogP contribution in [-0.4, -0.2) is 28.6 Å². The van der Waals surface area contributed by atoms with Gasteiger partial charge in [-0.15, -0.1) is 6.42 Å². The first-order valence-electron chi connectivity index (χ1n) is 9.08. The first kappa shape index (κ1) is 18.6. The van der Waals surface area contributed by atoms with Gasteiger partial charge in [-0.1, -0.05) is 30.9 Å². The fourth-order valence-corrected chi connectivity index (χ4v) is 4.06. The van der Waals surface area contributed by atoms with E-state index in [1.165, 1.54) is 11.3 Å². The number of hydrogen-bond acceptors (Lipinski definition) is 3. The molecule has 0 saturated heterocycles. The second kappa shape index (κ2) is 7.59. The number of aliphatic carboxylic acids is 1. The van der Waals surface area contributed by atoms with Gasteiger partial charge in [0.15, 0.2) is 0 Å². The van der Waals surface area contributed by atoms with Crippen LogP contribution in [0.5, 0.6) is 0 Å². The minimum absolute atomic E-state index is 0.384. The Hall–Kier alpha value is -2.19. The van der Waals surface area contributed by atoms with Crippen LogP contribution in [0.3, 0.4) is 0 Å². The Bertz CT molecular complexity index is 746. The van der Waals surface area contributed by atoms with Crippen molar-refractivity contribution in [2.75, 3.05) is 10.2 Å². The average Bonchev–Trinajstić information content (AvgIpc) is 2.60. The van der Waals surface area contributed by atoms with E-state index >= 15 is 0 Å². The second-order valence-corrected chi connectivity index (χ2v) is 7.53. The molecule has 2 saturated carbocycles. The standard InChI is InChI=1S/C20H23ClN2O3/c1-2-18(24)23(20(19(25)26)11-4-3-5-12-20)15-9-10-17(16(21)13-15)22-14-7-6-8-14/h1,9-10,13-14,22H,3-8,11-12H2,(H,25,26). The Balaban J connectivity index is 1.97. The highest BCUT2D eigenvalue weighted by molar-refractivity contribution is 6.33. The number of anilines is 2. The minimum Gasteiger partial charge on any atom is -0.479 e. The van der Waals surface area contributed by atoms with Crippen LogP contribution in [0.25, 0.3) is 0 Å². The van der Waals surface area contributed by atoms with Crippen molar-refractivity contribution in [1.29, 1.82) is 0 Å². The summed E-state index contributed by atoms with van der Waals surface area (Å²) in [7, 11) is 0. The van der Waals surface area contributed by atoms with Gasteiger partial charge in [-0.25, -0.2) is 4.79 Å². The fraction of sp³-hybridized carbons (Fsp3) is 0.500. The third-order valence-electron chi connectivity index (χ3n) is 5.51. The largest absolute Gasteiger partial charge is 0.479 e. The van der Waals surface area contributed by atoms with Crippen molar-refractivity contribution in [2.24, 2.45) is 0 Å². The maximum absolute atomic E-state index is 12.5. The third-order valence-corrected chi connectivity index (χ3v) is 5.82. The highest BCUT2D eigenvalue weighted by Gasteiger charge is 2.48. The number of hydrogen-bond donors (Lipinski definition) is 2. The molecule has 0 unspecified atom stereocenters. The van der Waals surface area contributed by atoms with E-state index in [0.717, 1.165) is 37.8 Å². The molecule has 0 radical (unpaired) electrons. The van der Waals surface area contributed by atoms with Gasteiger partial charge in [0.2, 0.25) is 0 Å². The fourth-order valence-electron chi connectivity index (χ4n) is 3.83. The van der Waals surface area contributed by atoms with Gasteiger partial charge in [0.1, 0.15) is 5.54 Å². The summed E-state index contributed by atoms with van der Waals surface area (Å²) >= 11 is 6.41. The van der Waals surface area contributed by atoms with Gasteiger partial charge in [0, 0.05) is 11.7 Å². The molecule has 2 N–H and O–H groups in total. The summed E-state index contributed by atoms with van der Waals surface area (Å²) in [5, 5.41) is 13.8. The predicted molar refractivity (Wildman–Crippen MR) is 102 cm³/mol. The number of carbonyl (C=O) groups is 2. The summed E-state index contributed by atoms with van der Waals surface area (Å²) in [4.78, 5) is 25.9. The lowest BCUT2D eigenvalue weighted by molar-refractivity contribution is -0.146. The topological polar surface area (TPSA) is 69.6 Å². The number of carboxylic acids is 1. The maximum Gasteiger partial charge on any atom is 0.330 e. The molecule has 2 aliphatic carbocycles. The zero-order chi connectivity index (χ0) is 18.7. The van der Waals surface area contributed by atoms with Gasteiger partial charge in [0.05, 0.1) is 10.7 Å². The molecule has 26 heavy (non-hydrogen) atoms. The quantitative estimate of drug-likeness (QED) is 0.762. The van der Waals surface area contributed by atoms with Gasteiger partial charge in [-0.2, -0.15) is 0 Å². The van der Waals surface area contributed by atoms with Crippen LogP contribution in [0.1, 0.15) is 51.4 Å². The van der Waals surface area contributed by atoms with Crippen molar-refractivity contribution in [3.8, 4) is 12.3 Å². The molecule has 5 nitrogen and oxygen atoms in total. The smallest absolute Gasteiger partial charge is 0.330 e. The Kier molecular flexibility index (Phi) is 5.43. The van der Waals surface area contributed by atoms with Crippen molar-refractivity contribution in [1.82, 2.24) is 0 Å². The summed E-state index contributed by atoms with van der Waals surface area (Å²) in [6.07, 6.45) is 12.0. The number of benzene rings is 1. The van der Waals surface area contributed by atoms with Gasteiger partial charge in [-0.3, -0.25) is 9.69 Å². The highest BCUT2D eigenvalue weighted by atomic mass is 35.5. The number of nitrogens with zero attached hydrogens (tertiary/aromatic N) is 1. The molecule has 0 spiro atoms. The summed E-state index contributed by atoms with van der Waals surface area (Å²) in [6.45, 7) is 0. The lowest BCUT2D eigenvalue weighted by atomic mass is 9.79. The molecule has 0 atom stereocenters. The summed E-state index contributed by atoms with van der Waals surface area (Å²) < 4.78 is 0. The molecule has 138 valence electrons. The van der Waals surface area contributed by atoms with Crippen LogP contribution in [-0.2, 0) is 9.59 Å². The van der Waals surface area contributed by atoms with E-state index in [1.807, 2.05) is 0 Å². The summed E-state index contributed by atoms with van der Waals surface area (Å²) in [5.74, 6) is 0.422. The van der Waals surface area contributed by atoms with Crippen molar-refractivity contribution in [2.45, 2.75) is 62.9 Å². The van der Waals surface area contributed by atoms with E-state index in [1.54, 1.807) is 18.2 Å². The molecular weight excluding hydrogens is 352 g/mol. The number of nitrogens with one attached hydrogen (secondary N) is 1. The number of rotatable bonds is 5. The van der Waals surface area contributed by atoms with Crippen LogP contribution >= 0.6 is 11.6 Å². The lowest BCUT2D eigenvalue weighted by Crippen LogP contribution is -2.58. The molecule has 6 heteroatoms. The summed E-state index contributed by atoms with van der Waals surface area (Å²) in [6, 6.07) is 5.58. The van der Waals surface area contributed by atoms with E-state index < -0.39 is 17.4 Å². The Morgan fingerprint density at radius 1 is 1.23 bits per heavy atom. The number of carbonyl (C=O) groups excluding carboxylic acids is 1. The molecule has 2 fully saturated rings. The van der Waals surface area contributed by atoms with Crippen molar-refractivity contribution >= 4 is 34.9 Å². The Labute approximate surface area is 158 Å². The monoisotopic (exact) mass is 374 g/mol. The first-order valence-corrected chi connectivity index (χ1v) is 9.46. The van der Waals surface area contributed by atoms with Crippen LogP contribution in [0, 0.1) is 12.3 Å². The van der Waals surface area contributed by atoms with Gasteiger partial charge >= 0.3 is 11.9 Å². The average molecular weight is 375 g/mol. The highest BCUT2D eigenvalue weighted by Crippen LogP contribution is 2.39. The van der Waals surface area contributed by atoms with E-state index in [-0.39, 0.29) is 0 Å². The molecule has 1 aromatic carbocycles. The van der Waals surface area contributed by atoms with Crippen LogP contribution in [0.4, 0.5) is 11.4 Å². The number of amides is 1. The normalized spacial score (nSPS) is 19.1. The molecule has 1 aromatic rings. The third kappa shape index (κ3) is 3.39. The van der Waals surface area contributed by atoms with E-state index in [4.69, 9.17) is 18.0 Å². The molecule has 2 aliphatic rings. The molecule has 0 aromatic heterocycles. The van der Waals surface area contributed by atoms with Crippen LogP contribution in [0.2, 0.25) is 5.02 Å². The van der Waals surface area contributed by atoms with Crippen LogP contribution in [0.15, 0.2) is 18.2 Å². The van der Waals surface area contributed by atoms with Crippen molar-refractivity contribution in [3.05, 3.63) is 23.2 Å². The molecule has 0 heterocycles. The summed E-state index contributed by atoms with van der Waals surface area (Å²) in [5.41, 5.74) is -0.0869. The number of terminal acetylenes is 1. The molecule has 0 aliphatic heterocycles. The van der Waals surface area contributed by atoms with Gasteiger partial charge < -0.3 is 10.4 Å². The molecule has 1 amide bonds. The van der Waals surface area contributed by atoms with E-state index in [2.05, 4.69) is 11.2 Å². The van der Waals surface area contributed by atoms with Crippen molar-refractivity contribution in [3.63, 3.8) is 0 Å². The Morgan fingerprint density at radius 2 is 1.92 bits per heavy atom. The predicted octanol–water partition coefficient (Wildman–Crippen LogP) is 4.06. The first-order chi connectivity index (χ1) is 12.5. The minimum atomic E-state index is -1.31. The maximum atomic E-state index is 12.5. The molecular formula is C20H23ClN2O3. The number of carboxylic acid groups (broad SMARTS) is 1. The van der Waals surface area contributed by atoms with Crippen LogP contribution < -0.4 is 10.2 Å². The molecule has 3 rings (SSSR count). The Morgan fingerprint density at radius 3 is 2.42 bits per heavy atom. The lowest BCUT2D eigenvalue weighted by Gasteiger charge is -2.42. The van der Waals surface area contributed by atoms with Gasteiger partial charge in [0.25, 0.3) is 0 Å². The zero-order valence-electron chi connectivity index (χ0n) is 14.6. The number of halogens is 1. The SMILES string of the molecule is C#CC(=O)N(c1ccc(NC2CCC2)c(Cl)c1)C1(C(=O)O)CCCCC1. The zero-order valence-corrected chi connectivity index (χ0v) is 15.4. The van der Waals surface area contributed by atoms with Gasteiger partial charge in [-0.05, 0) is 56.2 Å². The van der Waals surface area contributed by atoms with E-state index in [0.29, 0.717) is 29.6 Å². The molecule has 0 bridgehead atoms. The second-order valence-electron chi connectivity index (χ2n) is 7.12.